The summed E-state index contributed by atoms with van der Waals surface area (Å²) in [4.78, 5) is 14.7. The van der Waals surface area contributed by atoms with Gasteiger partial charge in [0.2, 0.25) is 0 Å². The molecule has 1 heterocycles. The molecule has 1 aliphatic rings. The number of nitrogens with zero attached hydrogens (tertiary/aromatic N) is 2. The Kier molecular flexibility index (Phi) is 5.43. The van der Waals surface area contributed by atoms with Gasteiger partial charge in [0.05, 0.1) is 5.56 Å². The van der Waals surface area contributed by atoms with Crippen molar-refractivity contribution in [2.24, 2.45) is 11.8 Å². The van der Waals surface area contributed by atoms with Crippen molar-refractivity contribution >= 4 is 5.91 Å². The predicted octanol–water partition coefficient (Wildman–Crippen LogP) is 3.22. The molecular formula is C18H24N2O2. The molecule has 2 rings (SSSR count). The monoisotopic (exact) mass is 300 g/mol. The molecule has 1 amide bonds. The second-order valence-corrected chi connectivity index (χ2v) is 6.42. The summed E-state index contributed by atoms with van der Waals surface area (Å²) in [6.07, 6.45) is 1.68. The van der Waals surface area contributed by atoms with E-state index in [-0.39, 0.29) is 11.8 Å². The molecule has 1 aliphatic heterocycles. The van der Waals surface area contributed by atoms with Gasteiger partial charge in [-0.15, -0.1) is 0 Å². The zero-order valence-electron chi connectivity index (χ0n) is 13.6. The molecule has 1 aromatic rings. The average Bonchev–Trinajstić information content (AvgIpc) is 2.52. The number of nitriles is 1. The van der Waals surface area contributed by atoms with E-state index in [4.69, 9.17) is 10.00 Å². The van der Waals surface area contributed by atoms with E-state index in [1.165, 1.54) is 6.42 Å². The summed E-state index contributed by atoms with van der Waals surface area (Å²) >= 11 is 0. The number of likely N-dealkylation sites (tertiary alicyclic amines) is 1. The van der Waals surface area contributed by atoms with Crippen molar-refractivity contribution < 1.29 is 9.53 Å². The van der Waals surface area contributed by atoms with Crippen LogP contribution in [0.2, 0.25) is 0 Å². The molecular weight excluding hydrogens is 276 g/mol. The first-order chi connectivity index (χ1) is 10.5. The molecule has 4 heteroatoms. The average molecular weight is 300 g/mol. The quantitative estimate of drug-likeness (QED) is 0.858. The predicted molar refractivity (Wildman–Crippen MR) is 85.4 cm³/mol. The summed E-state index contributed by atoms with van der Waals surface area (Å²) in [6, 6.07) is 9.19. The normalized spacial score (nSPS) is 19.6. The maximum absolute atomic E-state index is 12.8. The lowest BCUT2D eigenvalue weighted by Crippen LogP contribution is -2.48. The molecule has 4 nitrogen and oxygen atoms in total. The lowest BCUT2D eigenvalue weighted by atomic mass is 9.98. The van der Waals surface area contributed by atoms with Gasteiger partial charge >= 0.3 is 0 Å². The zero-order chi connectivity index (χ0) is 16.1. The lowest BCUT2D eigenvalue weighted by Gasteiger charge is -2.34. The zero-order valence-corrected chi connectivity index (χ0v) is 13.6. The van der Waals surface area contributed by atoms with E-state index >= 15 is 0 Å². The Hall–Kier alpha value is -2.02. The summed E-state index contributed by atoms with van der Waals surface area (Å²) in [6.45, 7) is 7.73. The van der Waals surface area contributed by atoms with E-state index in [0.717, 1.165) is 19.5 Å². The maximum Gasteiger partial charge on any atom is 0.263 e. The van der Waals surface area contributed by atoms with Crippen LogP contribution in [-0.2, 0) is 4.79 Å². The van der Waals surface area contributed by atoms with E-state index in [1.54, 1.807) is 18.2 Å². The van der Waals surface area contributed by atoms with Gasteiger partial charge in [0, 0.05) is 13.1 Å². The first kappa shape index (κ1) is 16.4. The van der Waals surface area contributed by atoms with Crippen LogP contribution in [0, 0.1) is 23.2 Å². The third-order valence-corrected chi connectivity index (χ3v) is 4.08. The Morgan fingerprint density at radius 1 is 1.41 bits per heavy atom. The highest BCUT2D eigenvalue weighted by molar-refractivity contribution is 5.81. The highest BCUT2D eigenvalue weighted by Crippen LogP contribution is 2.23. The topological polar surface area (TPSA) is 53.3 Å². The lowest BCUT2D eigenvalue weighted by molar-refractivity contribution is -0.142. The van der Waals surface area contributed by atoms with Crippen LogP contribution < -0.4 is 4.74 Å². The number of amides is 1. The van der Waals surface area contributed by atoms with Gasteiger partial charge in [-0.25, -0.2) is 0 Å². The molecule has 2 unspecified atom stereocenters. The molecule has 0 saturated carbocycles. The third-order valence-electron chi connectivity index (χ3n) is 4.08. The molecule has 2 atom stereocenters. The maximum atomic E-state index is 12.8. The largest absolute Gasteiger partial charge is 0.479 e. The summed E-state index contributed by atoms with van der Waals surface area (Å²) in [7, 11) is 0. The number of hydrogen-bond acceptors (Lipinski definition) is 3. The standard InChI is InChI=1S/C18H24N2O2/c1-13(2)17(18(21)20-10-6-7-14(3)12-20)22-16-9-5-4-8-15(16)11-19/h4-5,8-9,13-14,17H,6-7,10,12H2,1-3H3. The van der Waals surface area contributed by atoms with Gasteiger partial charge in [-0.05, 0) is 36.8 Å². The van der Waals surface area contributed by atoms with Crippen LogP contribution in [0.5, 0.6) is 5.75 Å². The van der Waals surface area contributed by atoms with Gasteiger partial charge in [0.25, 0.3) is 5.91 Å². The van der Waals surface area contributed by atoms with E-state index in [1.807, 2.05) is 24.8 Å². The van der Waals surface area contributed by atoms with Crippen molar-refractivity contribution in [2.45, 2.75) is 39.7 Å². The number of ether oxygens (including phenoxy) is 1. The van der Waals surface area contributed by atoms with Crippen molar-refractivity contribution in [3.8, 4) is 11.8 Å². The van der Waals surface area contributed by atoms with Crippen molar-refractivity contribution in [3.63, 3.8) is 0 Å². The number of rotatable bonds is 4. The number of piperidine rings is 1. The minimum Gasteiger partial charge on any atom is -0.479 e. The van der Waals surface area contributed by atoms with E-state index < -0.39 is 6.10 Å². The molecule has 0 spiro atoms. The van der Waals surface area contributed by atoms with Crippen LogP contribution in [0.1, 0.15) is 39.2 Å². The highest BCUT2D eigenvalue weighted by Gasteiger charge is 2.31. The van der Waals surface area contributed by atoms with Gasteiger partial charge < -0.3 is 9.64 Å². The van der Waals surface area contributed by atoms with Crippen LogP contribution in [0.25, 0.3) is 0 Å². The Morgan fingerprint density at radius 3 is 2.77 bits per heavy atom. The number of carbonyl (C=O) groups excluding carboxylic acids is 1. The SMILES string of the molecule is CC1CCCN(C(=O)C(Oc2ccccc2C#N)C(C)C)C1. The van der Waals surface area contributed by atoms with Crippen molar-refractivity contribution in [1.82, 2.24) is 4.90 Å². The molecule has 118 valence electrons. The molecule has 0 radical (unpaired) electrons. The molecule has 0 N–H and O–H groups in total. The molecule has 1 aromatic carbocycles. The smallest absolute Gasteiger partial charge is 0.263 e. The minimum absolute atomic E-state index is 0.0364. The minimum atomic E-state index is -0.542. The molecule has 22 heavy (non-hydrogen) atoms. The van der Waals surface area contributed by atoms with Crippen molar-refractivity contribution in [3.05, 3.63) is 29.8 Å². The summed E-state index contributed by atoms with van der Waals surface area (Å²) < 4.78 is 5.93. The second kappa shape index (κ2) is 7.31. The van der Waals surface area contributed by atoms with Crippen molar-refractivity contribution in [1.29, 1.82) is 5.26 Å². The Labute approximate surface area is 132 Å². The number of hydrogen-bond donors (Lipinski definition) is 0. The highest BCUT2D eigenvalue weighted by atomic mass is 16.5. The molecule has 1 fully saturated rings. The number of carbonyl (C=O) groups is 1. The van der Waals surface area contributed by atoms with Crippen molar-refractivity contribution in [2.75, 3.05) is 13.1 Å². The molecule has 1 saturated heterocycles. The fourth-order valence-electron chi connectivity index (χ4n) is 2.84. The molecule has 0 aromatic heterocycles. The van der Waals surface area contributed by atoms with Gasteiger partial charge in [-0.1, -0.05) is 32.9 Å². The van der Waals surface area contributed by atoms with E-state index in [2.05, 4.69) is 13.0 Å². The van der Waals surface area contributed by atoms with Crippen LogP contribution >= 0.6 is 0 Å². The third kappa shape index (κ3) is 3.79. The van der Waals surface area contributed by atoms with Gasteiger partial charge in [0.15, 0.2) is 6.10 Å². The van der Waals surface area contributed by atoms with Gasteiger partial charge in [0.1, 0.15) is 11.8 Å². The molecule has 0 bridgehead atoms. The Morgan fingerprint density at radius 2 is 2.14 bits per heavy atom. The number of benzene rings is 1. The summed E-state index contributed by atoms with van der Waals surface area (Å²) in [5.41, 5.74) is 0.466. The number of para-hydroxylation sites is 1. The van der Waals surface area contributed by atoms with E-state index in [9.17, 15) is 4.79 Å². The fourth-order valence-corrected chi connectivity index (χ4v) is 2.84. The second-order valence-electron chi connectivity index (χ2n) is 6.42. The Balaban J connectivity index is 2.16. The summed E-state index contributed by atoms with van der Waals surface area (Å²) in [5, 5.41) is 9.17. The van der Waals surface area contributed by atoms with E-state index in [0.29, 0.717) is 17.2 Å². The van der Waals surface area contributed by atoms with Crippen LogP contribution in [0.4, 0.5) is 0 Å². The van der Waals surface area contributed by atoms with Crippen LogP contribution in [-0.4, -0.2) is 30.0 Å². The van der Waals surface area contributed by atoms with Gasteiger partial charge in [-0.3, -0.25) is 4.79 Å². The first-order valence-electron chi connectivity index (χ1n) is 7.97. The van der Waals surface area contributed by atoms with Crippen LogP contribution in [0.3, 0.4) is 0 Å². The Bertz CT molecular complexity index is 562. The molecule has 0 aliphatic carbocycles. The fraction of sp³-hybridized carbons (Fsp3) is 0.556. The summed E-state index contributed by atoms with van der Waals surface area (Å²) in [5.74, 6) is 1.12. The van der Waals surface area contributed by atoms with Gasteiger partial charge in [-0.2, -0.15) is 5.26 Å². The van der Waals surface area contributed by atoms with Crippen LogP contribution in [0.15, 0.2) is 24.3 Å². The first-order valence-corrected chi connectivity index (χ1v) is 7.97.